The van der Waals surface area contributed by atoms with E-state index in [9.17, 15) is 9.59 Å². The first-order chi connectivity index (χ1) is 14.1. The Morgan fingerprint density at radius 1 is 0.793 bits per heavy atom. The molecular weight excluding hydrogens is 370 g/mol. The lowest BCUT2D eigenvalue weighted by Crippen LogP contribution is -2.21. The Morgan fingerprint density at radius 3 is 2.07 bits per heavy atom. The van der Waals surface area contributed by atoms with Gasteiger partial charge in [0.2, 0.25) is 0 Å². The van der Waals surface area contributed by atoms with Gasteiger partial charge in [-0.2, -0.15) is 0 Å². The highest BCUT2D eigenvalue weighted by Gasteiger charge is 2.12. The molecule has 7 nitrogen and oxygen atoms in total. The van der Waals surface area contributed by atoms with E-state index in [-0.39, 0.29) is 5.91 Å². The van der Waals surface area contributed by atoms with Gasteiger partial charge in [-0.25, -0.2) is 4.79 Å². The molecule has 0 fully saturated rings. The van der Waals surface area contributed by atoms with Crippen LogP contribution in [0.25, 0.3) is 0 Å². The average Bonchev–Trinajstić information content (AvgIpc) is 2.75. The zero-order chi connectivity index (χ0) is 20.6. The van der Waals surface area contributed by atoms with Crippen molar-refractivity contribution >= 4 is 23.3 Å². The Labute approximate surface area is 168 Å². The molecule has 3 N–H and O–H groups in total. The van der Waals surface area contributed by atoms with Crippen molar-refractivity contribution in [3.8, 4) is 17.2 Å². The first kappa shape index (κ1) is 19.8. The highest BCUT2D eigenvalue weighted by Crippen LogP contribution is 2.24. The molecule has 0 spiro atoms. The molecule has 0 atom stereocenters. The second kappa shape index (κ2) is 9.27. The second-order valence-electron chi connectivity index (χ2n) is 6.01. The molecule has 0 aliphatic rings. The molecule has 7 heteroatoms. The zero-order valence-electron chi connectivity index (χ0n) is 16.1. The Kier molecular flexibility index (Phi) is 6.32. The van der Waals surface area contributed by atoms with Crippen molar-refractivity contribution in [2.75, 3.05) is 24.8 Å². The monoisotopic (exact) mass is 391 g/mol. The van der Waals surface area contributed by atoms with Crippen molar-refractivity contribution in [3.63, 3.8) is 0 Å². The number of hydrogen-bond acceptors (Lipinski definition) is 4. The number of para-hydroxylation sites is 1. The van der Waals surface area contributed by atoms with Gasteiger partial charge in [0, 0.05) is 24.5 Å². The molecule has 148 valence electrons. The Bertz CT molecular complexity index is 989. The number of ether oxygens (including phenoxy) is 2. The summed E-state index contributed by atoms with van der Waals surface area (Å²) >= 11 is 0. The normalized spacial score (nSPS) is 10.0. The van der Waals surface area contributed by atoms with E-state index < -0.39 is 6.03 Å². The lowest BCUT2D eigenvalue weighted by Gasteiger charge is -2.12. The molecule has 0 saturated carbocycles. The van der Waals surface area contributed by atoms with Crippen LogP contribution in [0.1, 0.15) is 10.4 Å². The van der Waals surface area contributed by atoms with Gasteiger partial charge < -0.3 is 25.4 Å². The van der Waals surface area contributed by atoms with Gasteiger partial charge in [0.15, 0.2) is 0 Å². The maximum absolute atomic E-state index is 12.3. The van der Waals surface area contributed by atoms with E-state index in [1.54, 1.807) is 42.5 Å². The molecule has 29 heavy (non-hydrogen) atoms. The third-order valence-electron chi connectivity index (χ3n) is 4.02. The summed E-state index contributed by atoms with van der Waals surface area (Å²) in [5.41, 5.74) is 1.49. The van der Waals surface area contributed by atoms with Crippen LogP contribution in [0.4, 0.5) is 16.2 Å². The van der Waals surface area contributed by atoms with E-state index in [1.165, 1.54) is 14.2 Å². The van der Waals surface area contributed by atoms with Crippen LogP contribution < -0.4 is 25.4 Å². The smallest absolute Gasteiger partial charge is 0.323 e. The number of hydrogen-bond donors (Lipinski definition) is 3. The first-order valence-corrected chi connectivity index (χ1v) is 8.90. The molecule has 0 heterocycles. The van der Waals surface area contributed by atoms with Crippen LogP contribution in [0, 0.1) is 0 Å². The van der Waals surface area contributed by atoms with E-state index in [1.807, 2.05) is 30.3 Å². The number of nitrogens with one attached hydrogen (secondary N) is 3. The molecular formula is C22H21N3O4. The maximum atomic E-state index is 12.3. The molecule has 0 saturated heterocycles. The summed E-state index contributed by atoms with van der Waals surface area (Å²) in [7, 11) is 3.00. The Hall–Kier alpha value is -4.00. The molecule has 3 aromatic rings. The predicted octanol–water partition coefficient (Wildman–Crippen LogP) is 4.49. The van der Waals surface area contributed by atoms with Gasteiger partial charge in [0.1, 0.15) is 17.2 Å². The fourth-order valence-electron chi connectivity index (χ4n) is 2.62. The number of urea groups is 1. The van der Waals surface area contributed by atoms with Gasteiger partial charge in [-0.05, 0) is 48.5 Å². The summed E-state index contributed by atoms with van der Waals surface area (Å²) in [5.74, 6) is 1.50. The first-order valence-electron chi connectivity index (χ1n) is 8.90. The van der Waals surface area contributed by atoms with Crippen molar-refractivity contribution in [1.82, 2.24) is 5.32 Å². The molecule has 0 bridgehead atoms. The predicted molar refractivity (Wildman–Crippen MR) is 112 cm³/mol. The van der Waals surface area contributed by atoms with E-state index in [4.69, 9.17) is 9.47 Å². The lowest BCUT2D eigenvalue weighted by molar-refractivity contribution is 0.0960. The molecule has 3 aromatic carbocycles. The van der Waals surface area contributed by atoms with Gasteiger partial charge in [0.25, 0.3) is 5.91 Å². The van der Waals surface area contributed by atoms with Gasteiger partial charge in [0.05, 0.1) is 12.7 Å². The quantitative estimate of drug-likeness (QED) is 0.578. The molecule has 0 aromatic heterocycles. The number of carbonyl (C=O) groups is 2. The third kappa shape index (κ3) is 5.26. The molecule has 0 aliphatic heterocycles. The standard InChI is InChI=1S/C22H21N3O4/c1-23-21(26)19-13-10-16(14-20(19)28-2)25-22(27)24-15-8-11-18(12-9-15)29-17-6-4-3-5-7-17/h3-14H,1-2H3,(H,23,26)(H2,24,25,27). The fourth-order valence-corrected chi connectivity index (χ4v) is 2.62. The van der Waals surface area contributed by atoms with E-state index in [2.05, 4.69) is 16.0 Å². The number of rotatable bonds is 6. The summed E-state index contributed by atoms with van der Waals surface area (Å²) in [6.45, 7) is 0. The van der Waals surface area contributed by atoms with Crippen molar-refractivity contribution < 1.29 is 19.1 Å². The van der Waals surface area contributed by atoms with Gasteiger partial charge in [-0.15, -0.1) is 0 Å². The number of benzene rings is 3. The van der Waals surface area contributed by atoms with E-state index in [0.29, 0.717) is 28.4 Å². The van der Waals surface area contributed by atoms with Gasteiger partial charge in [-0.3, -0.25) is 4.79 Å². The van der Waals surface area contributed by atoms with Crippen molar-refractivity contribution in [1.29, 1.82) is 0 Å². The molecule has 3 rings (SSSR count). The molecule has 0 unspecified atom stereocenters. The topological polar surface area (TPSA) is 88.7 Å². The summed E-state index contributed by atoms with van der Waals surface area (Å²) < 4.78 is 10.9. The Morgan fingerprint density at radius 2 is 1.41 bits per heavy atom. The average molecular weight is 391 g/mol. The second-order valence-corrected chi connectivity index (χ2v) is 6.01. The number of methoxy groups -OCH3 is 1. The van der Waals surface area contributed by atoms with Crippen LogP contribution in [0.5, 0.6) is 17.2 Å². The minimum atomic E-state index is -0.420. The maximum Gasteiger partial charge on any atom is 0.323 e. The van der Waals surface area contributed by atoms with Crippen molar-refractivity contribution in [3.05, 3.63) is 78.4 Å². The summed E-state index contributed by atoms with van der Waals surface area (Å²) in [5, 5.41) is 7.99. The largest absolute Gasteiger partial charge is 0.496 e. The van der Waals surface area contributed by atoms with Crippen molar-refractivity contribution in [2.45, 2.75) is 0 Å². The third-order valence-corrected chi connectivity index (χ3v) is 4.02. The van der Waals surface area contributed by atoms with Crippen LogP contribution in [-0.2, 0) is 0 Å². The van der Waals surface area contributed by atoms with Crippen LogP contribution in [0.15, 0.2) is 72.8 Å². The highest BCUT2D eigenvalue weighted by molar-refractivity contribution is 6.01. The summed E-state index contributed by atoms with van der Waals surface area (Å²) in [6.07, 6.45) is 0. The number of carbonyl (C=O) groups excluding carboxylic acids is 2. The van der Waals surface area contributed by atoms with Crippen molar-refractivity contribution in [2.24, 2.45) is 0 Å². The molecule has 0 aliphatic carbocycles. The summed E-state index contributed by atoms with van der Waals surface area (Å²) in [6, 6.07) is 20.8. The number of amides is 3. The van der Waals surface area contributed by atoms with Crippen LogP contribution >= 0.6 is 0 Å². The SMILES string of the molecule is CNC(=O)c1ccc(NC(=O)Nc2ccc(Oc3ccccc3)cc2)cc1OC. The minimum Gasteiger partial charge on any atom is -0.496 e. The highest BCUT2D eigenvalue weighted by atomic mass is 16.5. The van der Waals surface area contributed by atoms with E-state index in [0.717, 1.165) is 5.75 Å². The molecule has 3 amide bonds. The fraction of sp³-hybridized carbons (Fsp3) is 0.0909. The summed E-state index contributed by atoms with van der Waals surface area (Å²) in [4.78, 5) is 24.1. The number of anilines is 2. The van der Waals surface area contributed by atoms with Gasteiger partial charge >= 0.3 is 6.03 Å². The Balaban J connectivity index is 1.61. The van der Waals surface area contributed by atoms with Crippen LogP contribution in [-0.4, -0.2) is 26.1 Å². The molecule has 0 radical (unpaired) electrons. The van der Waals surface area contributed by atoms with Gasteiger partial charge in [-0.1, -0.05) is 18.2 Å². The van der Waals surface area contributed by atoms with E-state index >= 15 is 0 Å². The lowest BCUT2D eigenvalue weighted by atomic mass is 10.1. The zero-order valence-corrected chi connectivity index (χ0v) is 16.1. The van der Waals surface area contributed by atoms with Crippen LogP contribution in [0.2, 0.25) is 0 Å². The minimum absolute atomic E-state index is 0.268. The van der Waals surface area contributed by atoms with Crippen LogP contribution in [0.3, 0.4) is 0 Å².